The molecule has 2 aromatic rings. The average Bonchev–Trinajstić information content (AvgIpc) is 2.45. The van der Waals surface area contributed by atoms with Gasteiger partial charge in [0.25, 0.3) is 0 Å². The number of benzene rings is 2. The van der Waals surface area contributed by atoms with Crippen LogP contribution in [0.2, 0.25) is 0 Å². The fraction of sp³-hybridized carbons (Fsp3) is 0.133. The Morgan fingerprint density at radius 2 is 1.67 bits per heavy atom. The van der Waals surface area contributed by atoms with Crippen LogP contribution in [0.25, 0.3) is 0 Å². The lowest BCUT2D eigenvalue weighted by molar-refractivity contribution is -0.137. The van der Waals surface area contributed by atoms with Crippen LogP contribution in [0.3, 0.4) is 0 Å². The van der Waals surface area contributed by atoms with Gasteiger partial charge in [-0.05, 0) is 23.8 Å². The van der Waals surface area contributed by atoms with Gasteiger partial charge in [-0.25, -0.2) is 4.39 Å². The van der Waals surface area contributed by atoms with E-state index in [4.69, 9.17) is 11.6 Å². The topological polar surface area (TPSA) is 17.1 Å². The van der Waals surface area contributed by atoms with Crippen LogP contribution in [-0.4, -0.2) is 5.78 Å². The van der Waals surface area contributed by atoms with Crippen LogP contribution in [0.5, 0.6) is 0 Å². The minimum Gasteiger partial charge on any atom is -0.292 e. The summed E-state index contributed by atoms with van der Waals surface area (Å²) in [6, 6.07) is 9.82. The monoisotopic (exact) mass is 316 g/mol. The summed E-state index contributed by atoms with van der Waals surface area (Å²) in [7, 11) is 0. The van der Waals surface area contributed by atoms with Crippen LogP contribution in [0, 0.1) is 5.82 Å². The van der Waals surface area contributed by atoms with Gasteiger partial charge in [-0.15, -0.1) is 11.6 Å². The number of Topliss-reactive ketones (excluding diaryl/α,β-unsaturated/α-hetero) is 1. The van der Waals surface area contributed by atoms with E-state index in [-0.39, 0.29) is 0 Å². The maximum Gasteiger partial charge on any atom is 0.416 e. The zero-order valence-corrected chi connectivity index (χ0v) is 11.3. The third kappa shape index (κ3) is 3.61. The molecule has 0 saturated carbocycles. The van der Waals surface area contributed by atoms with E-state index in [9.17, 15) is 22.4 Å². The van der Waals surface area contributed by atoms with E-state index >= 15 is 0 Å². The molecule has 2 rings (SSSR count). The Hall–Kier alpha value is -1.88. The third-order valence-corrected chi connectivity index (χ3v) is 3.28. The lowest BCUT2D eigenvalue weighted by Crippen LogP contribution is -2.12. The molecule has 2 aromatic carbocycles. The Labute approximate surface area is 123 Å². The van der Waals surface area contributed by atoms with Crippen molar-refractivity contribution in [1.29, 1.82) is 0 Å². The number of rotatable bonds is 3. The fourth-order valence-electron chi connectivity index (χ4n) is 1.82. The van der Waals surface area contributed by atoms with E-state index < -0.39 is 34.3 Å². The van der Waals surface area contributed by atoms with Gasteiger partial charge >= 0.3 is 6.18 Å². The van der Waals surface area contributed by atoms with Gasteiger partial charge in [-0.1, -0.05) is 30.3 Å². The summed E-state index contributed by atoms with van der Waals surface area (Å²) in [6.45, 7) is 0. The molecule has 21 heavy (non-hydrogen) atoms. The van der Waals surface area contributed by atoms with Crippen molar-refractivity contribution in [1.82, 2.24) is 0 Å². The van der Waals surface area contributed by atoms with Gasteiger partial charge in [0, 0.05) is 5.56 Å². The van der Waals surface area contributed by atoms with Gasteiger partial charge in [-0.2, -0.15) is 13.2 Å². The highest BCUT2D eigenvalue weighted by molar-refractivity contribution is 6.33. The molecular weight excluding hydrogens is 308 g/mol. The minimum atomic E-state index is -4.73. The van der Waals surface area contributed by atoms with Crippen molar-refractivity contribution in [3.63, 3.8) is 0 Å². The van der Waals surface area contributed by atoms with Crippen LogP contribution in [-0.2, 0) is 6.18 Å². The molecule has 1 nitrogen and oxygen atoms in total. The van der Waals surface area contributed by atoms with Crippen LogP contribution < -0.4 is 0 Å². The van der Waals surface area contributed by atoms with E-state index in [0.29, 0.717) is 17.7 Å². The first-order chi connectivity index (χ1) is 9.79. The fourth-order valence-corrected chi connectivity index (χ4v) is 2.09. The summed E-state index contributed by atoms with van der Waals surface area (Å²) in [5, 5.41) is -1.17. The molecule has 0 aliphatic heterocycles. The third-order valence-electron chi connectivity index (χ3n) is 2.83. The van der Waals surface area contributed by atoms with Gasteiger partial charge in [0.1, 0.15) is 11.2 Å². The quantitative estimate of drug-likeness (QED) is 0.442. The second kappa shape index (κ2) is 5.85. The number of ketones is 1. The lowest BCUT2D eigenvalue weighted by Gasteiger charge is -2.12. The zero-order chi connectivity index (χ0) is 15.6. The van der Waals surface area contributed by atoms with Crippen molar-refractivity contribution in [2.75, 3.05) is 0 Å². The summed E-state index contributed by atoms with van der Waals surface area (Å²) >= 11 is 5.96. The highest BCUT2D eigenvalue weighted by Crippen LogP contribution is 2.32. The van der Waals surface area contributed by atoms with Crippen molar-refractivity contribution in [2.45, 2.75) is 11.6 Å². The number of carbonyl (C=O) groups is 1. The van der Waals surface area contributed by atoms with E-state index in [0.717, 1.165) is 6.07 Å². The normalized spacial score (nSPS) is 13.0. The second-order valence-corrected chi connectivity index (χ2v) is 4.80. The molecule has 0 aromatic heterocycles. The van der Waals surface area contributed by atoms with E-state index in [1.807, 2.05) is 0 Å². The summed E-state index contributed by atoms with van der Waals surface area (Å²) in [5.74, 6) is -1.92. The smallest absolute Gasteiger partial charge is 0.292 e. The molecule has 0 N–H and O–H groups in total. The summed E-state index contributed by atoms with van der Waals surface area (Å²) in [6.07, 6.45) is -4.73. The predicted octanol–water partition coefficient (Wildman–Crippen LogP) is 5.01. The van der Waals surface area contributed by atoms with Crippen molar-refractivity contribution >= 4 is 17.4 Å². The number of halogens is 5. The summed E-state index contributed by atoms with van der Waals surface area (Å²) in [4.78, 5) is 12.1. The maximum absolute atomic E-state index is 13.3. The van der Waals surface area contributed by atoms with Crippen LogP contribution in [0.1, 0.15) is 26.9 Å². The molecule has 0 spiro atoms. The maximum atomic E-state index is 13.3. The molecule has 0 bridgehead atoms. The standard InChI is InChI=1S/C15H9ClF4O/c16-13(9-4-2-1-3-5-9)14(21)10-6-11(15(18,19)20)8-12(17)7-10/h1-8,13H. The van der Waals surface area contributed by atoms with Gasteiger partial charge in [0.15, 0.2) is 5.78 Å². The number of carbonyl (C=O) groups excluding carboxylic acids is 1. The van der Waals surface area contributed by atoms with E-state index in [2.05, 4.69) is 0 Å². The molecule has 1 unspecified atom stereocenters. The molecule has 1 atom stereocenters. The van der Waals surface area contributed by atoms with Gasteiger partial charge in [-0.3, -0.25) is 4.79 Å². The van der Waals surface area contributed by atoms with E-state index in [1.165, 1.54) is 0 Å². The molecule has 0 amide bonds. The van der Waals surface area contributed by atoms with Crippen molar-refractivity contribution in [3.05, 3.63) is 71.0 Å². The Bertz CT molecular complexity index is 652. The second-order valence-electron chi connectivity index (χ2n) is 4.36. The number of alkyl halides is 4. The first kappa shape index (κ1) is 15.5. The van der Waals surface area contributed by atoms with Crippen molar-refractivity contribution in [2.24, 2.45) is 0 Å². The van der Waals surface area contributed by atoms with Gasteiger partial charge in [0.2, 0.25) is 0 Å². The molecule has 0 aliphatic rings. The molecule has 0 saturated heterocycles. The van der Waals surface area contributed by atoms with Gasteiger partial charge in [0.05, 0.1) is 5.56 Å². The average molecular weight is 317 g/mol. The van der Waals surface area contributed by atoms with Crippen LogP contribution >= 0.6 is 11.6 Å². The first-order valence-corrected chi connectivity index (χ1v) is 6.33. The summed E-state index contributed by atoms with van der Waals surface area (Å²) < 4.78 is 51.2. The SMILES string of the molecule is O=C(c1cc(F)cc(C(F)(F)F)c1)C(Cl)c1ccccc1. The Morgan fingerprint density at radius 3 is 2.24 bits per heavy atom. The molecule has 0 radical (unpaired) electrons. The minimum absolute atomic E-state index is 0.336. The number of hydrogen-bond donors (Lipinski definition) is 0. The zero-order valence-electron chi connectivity index (χ0n) is 10.5. The molecule has 110 valence electrons. The number of hydrogen-bond acceptors (Lipinski definition) is 1. The Kier molecular flexibility index (Phi) is 4.32. The van der Waals surface area contributed by atoms with Crippen LogP contribution in [0.15, 0.2) is 48.5 Å². The first-order valence-electron chi connectivity index (χ1n) is 5.90. The molecule has 0 fully saturated rings. The highest BCUT2D eigenvalue weighted by atomic mass is 35.5. The molecule has 6 heteroatoms. The lowest BCUT2D eigenvalue weighted by atomic mass is 10.0. The van der Waals surface area contributed by atoms with E-state index in [1.54, 1.807) is 30.3 Å². The largest absolute Gasteiger partial charge is 0.416 e. The Balaban J connectivity index is 2.38. The Morgan fingerprint density at radius 1 is 1.05 bits per heavy atom. The molecule has 0 aliphatic carbocycles. The van der Waals surface area contributed by atoms with Crippen molar-refractivity contribution < 1.29 is 22.4 Å². The van der Waals surface area contributed by atoms with Crippen molar-refractivity contribution in [3.8, 4) is 0 Å². The summed E-state index contributed by atoms with van der Waals surface area (Å²) in [5.41, 5.74) is -1.20. The highest BCUT2D eigenvalue weighted by Gasteiger charge is 2.32. The molecule has 0 heterocycles. The van der Waals surface area contributed by atoms with Gasteiger partial charge < -0.3 is 0 Å². The van der Waals surface area contributed by atoms with Crippen LogP contribution in [0.4, 0.5) is 17.6 Å². The predicted molar refractivity (Wildman–Crippen MR) is 70.8 cm³/mol. The molecular formula is C15H9ClF4O.